The van der Waals surface area contributed by atoms with E-state index in [-0.39, 0.29) is 5.82 Å². The Kier molecular flexibility index (Phi) is 4.05. The van der Waals surface area contributed by atoms with Crippen LogP contribution in [0.3, 0.4) is 0 Å². The van der Waals surface area contributed by atoms with Gasteiger partial charge in [-0.3, -0.25) is 14.3 Å². The van der Waals surface area contributed by atoms with Crippen LogP contribution in [0.2, 0.25) is 0 Å². The van der Waals surface area contributed by atoms with Crippen LogP contribution in [-0.4, -0.2) is 32.1 Å². The van der Waals surface area contributed by atoms with E-state index in [4.69, 9.17) is 9.47 Å². The molecule has 0 spiro atoms. The summed E-state index contributed by atoms with van der Waals surface area (Å²) in [6.07, 6.45) is 3.20. The number of imidazole rings is 1. The molecule has 9 nitrogen and oxygen atoms in total. The summed E-state index contributed by atoms with van der Waals surface area (Å²) in [5.41, 5.74) is 1.78. The molecule has 1 aliphatic rings. The number of esters is 2. The van der Waals surface area contributed by atoms with Gasteiger partial charge in [0.25, 0.3) is 11.6 Å². The zero-order chi connectivity index (χ0) is 19.4. The maximum Gasteiger partial charge on any atom is 0.324 e. The molecule has 0 radical (unpaired) electrons. The van der Waals surface area contributed by atoms with Crippen LogP contribution >= 0.6 is 0 Å². The minimum Gasteiger partial charge on any atom is -0.711 e. The van der Waals surface area contributed by atoms with Gasteiger partial charge in [-0.1, -0.05) is 0 Å². The number of carbonyl (C=O) groups is 2. The van der Waals surface area contributed by atoms with Gasteiger partial charge >= 0.3 is 11.9 Å². The second-order valence-electron chi connectivity index (χ2n) is 7.03. The zero-order valence-electron chi connectivity index (χ0n) is 15.6. The van der Waals surface area contributed by atoms with E-state index in [1.54, 1.807) is 43.4 Å². The SMILES string of the molecule is Cc1c(C)[n+]([O-])c([C@H](c2cnn(C)c2)C2C(=O)OC(C)(C)OC2=O)n1C. The summed E-state index contributed by atoms with van der Waals surface area (Å²) in [5, 5.41) is 16.9. The predicted molar refractivity (Wildman–Crippen MR) is 88.7 cm³/mol. The lowest BCUT2D eigenvalue weighted by Gasteiger charge is -2.35. The first kappa shape index (κ1) is 18.0. The number of hydrogen-bond donors (Lipinski definition) is 0. The predicted octanol–water partition coefficient (Wildman–Crippen LogP) is 0.593. The molecule has 1 atom stereocenters. The van der Waals surface area contributed by atoms with Crippen molar-refractivity contribution in [2.45, 2.75) is 39.4 Å². The second-order valence-corrected chi connectivity index (χ2v) is 7.03. The van der Waals surface area contributed by atoms with Gasteiger partial charge in [-0.15, -0.1) is 0 Å². The lowest BCUT2D eigenvalue weighted by atomic mass is 9.86. The summed E-state index contributed by atoms with van der Waals surface area (Å²) in [6, 6.07) is 0. The van der Waals surface area contributed by atoms with Crippen LogP contribution in [-0.2, 0) is 33.2 Å². The largest absolute Gasteiger partial charge is 0.711 e. The number of nitrogens with zero attached hydrogens (tertiary/aromatic N) is 4. The van der Waals surface area contributed by atoms with Gasteiger partial charge in [0.15, 0.2) is 5.92 Å². The van der Waals surface area contributed by atoms with E-state index in [9.17, 15) is 14.8 Å². The lowest BCUT2D eigenvalue weighted by molar-refractivity contribution is -0.621. The molecule has 0 amide bonds. The second kappa shape index (κ2) is 5.86. The fourth-order valence-electron chi connectivity index (χ4n) is 3.30. The Morgan fingerprint density at radius 3 is 2.23 bits per heavy atom. The molecule has 3 heterocycles. The molecule has 0 unspecified atom stereocenters. The van der Waals surface area contributed by atoms with Crippen molar-refractivity contribution >= 4 is 11.9 Å². The third-order valence-corrected chi connectivity index (χ3v) is 4.78. The first-order chi connectivity index (χ1) is 12.0. The quantitative estimate of drug-likeness (QED) is 0.343. The van der Waals surface area contributed by atoms with E-state index in [1.165, 1.54) is 20.0 Å². The Hall–Kier alpha value is -2.84. The topological polar surface area (TPSA) is 102 Å². The molecule has 1 saturated heterocycles. The van der Waals surface area contributed by atoms with E-state index in [0.717, 1.165) is 10.4 Å². The lowest BCUT2D eigenvalue weighted by Crippen LogP contribution is -2.50. The van der Waals surface area contributed by atoms with Gasteiger partial charge in [0.2, 0.25) is 0 Å². The number of rotatable bonds is 3. The Bertz CT molecular complexity index is 850. The monoisotopic (exact) mass is 362 g/mol. The van der Waals surface area contributed by atoms with Crippen LogP contribution in [0.1, 0.15) is 42.5 Å². The molecule has 0 aliphatic carbocycles. The standard InChI is InChI=1S/C17H22N4O5/c1-9-10(2)21(24)14(20(9)6)12(11-7-18-19(5)8-11)13-15(22)25-17(3,4)26-16(13)23/h7-8,12-13H,1-6H3/t12-/m1/s1. The summed E-state index contributed by atoms with van der Waals surface area (Å²) < 4.78 is 14.5. The molecule has 1 fully saturated rings. The van der Waals surface area contributed by atoms with Gasteiger partial charge in [-0.25, -0.2) is 9.30 Å². The van der Waals surface area contributed by atoms with Gasteiger partial charge < -0.3 is 14.7 Å². The maximum absolute atomic E-state index is 12.8. The van der Waals surface area contributed by atoms with Crippen molar-refractivity contribution in [3.63, 3.8) is 0 Å². The third-order valence-electron chi connectivity index (χ3n) is 4.78. The third kappa shape index (κ3) is 2.73. The minimum atomic E-state index is -1.34. The fraction of sp³-hybridized carbons (Fsp3) is 0.529. The highest BCUT2D eigenvalue weighted by atomic mass is 16.7. The summed E-state index contributed by atoms with van der Waals surface area (Å²) in [4.78, 5) is 25.3. The zero-order valence-corrected chi connectivity index (χ0v) is 15.6. The smallest absolute Gasteiger partial charge is 0.324 e. The van der Waals surface area contributed by atoms with Gasteiger partial charge in [0.1, 0.15) is 17.3 Å². The Labute approximate surface area is 150 Å². The molecule has 9 heteroatoms. The molecular formula is C17H22N4O5. The summed E-state index contributed by atoms with van der Waals surface area (Å²) >= 11 is 0. The number of aryl methyl sites for hydroxylation is 1. The number of cyclic esters (lactones) is 2. The van der Waals surface area contributed by atoms with Crippen molar-refractivity contribution in [3.05, 3.63) is 40.4 Å². The van der Waals surface area contributed by atoms with Crippen molar-refractivity contribution in [2.24, 2.45) is 20.0 Å². The molecule has 2 aromatic heterocycles. The molecule has 2 aromatic rings. The van der Waals surface area contributed by atoms with Gasteiger partial charge in [0, 0.05) is 46.5 Å². The van der Waals surface area contributed by atoms with Crippen LogP contribution in [0.25, 0.3) is 0 Å². The van der Waals surface area contributed by atoms with E-state index >= 15 is 0 Å². The molecule has 0 saturated carbocycles. The van der Waals surface area contributed by atoms with Gasteiger partial charge in [0.05, 0.1) is 13.2 Å². The first-order valence-electron chi connectivity index (χ1n) is 8.23. The van der Waals surface area contributed by atoms with Crippen LogP contribution in [0.5, 0.6) is 0 Å². The molecule has 140 valence electrons. The molecule has 0 aromatic carbocycles. The Morgan fingerprint density at radius 2 is 1.81 bits per heavy atom. The van der Waals surface area contributed by atoms with Crippen molar-refractivity contribution in [1.29, 1.82) is 0 Å². The van der Waals surface area contributed by atoms with E-state index in [2.05, 4.69) is 5.10 Å². The number of hydrogen-bond acceptors (Lipinski definition) is 6. The highest BCUT2D eigenvalue weighted by Gasteiger charge is 2.52. The molecule has 0 N–H and O–H groups in total. The first-order valence-corrected chi connectivity index (χ1v) is 8.23. The molecule has 1 aliphatic heterocycles. The van der Waals surface area contributed by atoms with Crippen LogP contribution in [0, 0.1) is 25.0 Å². The number of aromatic nitrogens is 4. The van der Waals surface area contributed by atoms with Crippen molar-refractivity contribution < 1.29 is 23.8 Å². The van der Waals surface area contributed by atoms with Crippen molar-refractivity contribution in [1.82, 2.24) is 14.3 Å². The minimum absolute atomic E-state index is 0.256. The molecular weight excluding hydrogens is 340 g/mol. The molecule has 3 rings (SSSR count). The Balaban J connectivity index is 2.20. The molecule has 0 bridgehead atoms. The van der Waals surface area contributed by atoms with E-state index in [0.29, 0.717) is 11.3 Å². The normalized spacial score (nSPS) is 18.5. The Morgan fingerprint density at radius 1 is 1.23 bits per heavy atom. The van der Waals surface area contributed by atoms with Crippen LogP contribution < -0.4 is 4.73 Å². The summed E-state index contributed by atoms with van der Waals surface area (Å²) in [7, 11) is 3.44. The highest BCUT2D eigenvalue weighted by Crippen LogP contribution is 2.37. The van der Waals surface area contributed by atoms with Gasteiger partial charge in [-0.05, 0) is 0 Å². The van der Waals surface area contributed by atoms with Crippen LogP contribution in [0.4, 0.5) is 0 Å². The summed E-state index contributed by atoms with van der Waals surface area (Å²) in [5.74, 6) is -4.70. The van der Waals surface area contributed by atoms with Gasteiger partial charge in [-0.2, -0.15) is 5.10 Å². The van der Waals surface area contributed by atoms with E-state index in [1.807, 2.05) is 0 Å². The average molecular weight is 362 g/mol. The van der Waals surface area contributed by atoms with Crippen molar-refractivity contribution in [2.75, 3.05) is 0 Å². The van der Waals surface area contributed by atoms with E-state index < -0.39 is 29.6 Å². The van der Waals surface area contributed by atoms with Crippen molar-refractivity contribution in [3.8, 4) is 0 Å². The number of carbonyl (C=O) groups excluding carboxylic acids is 2. The maximum atomic E-state index is 12.8. The molecule has 26 heavy (non-hydrogen) atoms. The number of ether oxygens (including phenoxy) is 2. The summed E-state index contributed by atoms with van der Waals surface area (Å²) in [6.45, 7) is 6.46. The highest BCUT2D eigenvalue weighted by molar-refractivity contribution is 5.98. The average Bonchev–Trinajstić information content (AvgIpc) is 3.02. The fourth-order valence-corrected chi connectivity index (χ4v) is 3.30. The van der Waals surface area contributed by atoms with Crippen LogP contribution in [0.15, 0.2) is 12.4 Å².